The number of aromatic nitrogens is 2. The number of aliphatic carboxylic acids is 1. The van der Waals surface area contributed by atoms with Crippen molar-refractivity contribution >= 4 is 23.2 Å². The number of carboxylic acids is 1. The van der Waals surface area contributed by atoms with E-state index >= 15 is 0 Å². The van der Waals surface area contributed by atoms with Gasteiger partial charge in [-0.1, -0.05) is 11.6 Å². The maximum Gasteiger partial charge on any atom is 0.317 e. The lowest BCUT2D eigenvalue weighted by atomic mass is 10.3. The van der Waals surface area contributed by atoms with Gasteiger partial charge in [0, 0.05) is 18.8 Å². The van der Waals surface area contributed by atoms with Gasteiger partial charge in [0.05, 0.1) is 17.3 Å². The van der Waals surface area contributed by atoms with Gasteiger partial charge in [-0.3, -0.25) is 14.0 Å². The molecule has 0 saturated heterocycles. The van der Waals surface area contributed by atoms with E-state index in [1.165, 1.54) is 16.7 Å². The molecule has 0 amide bonds. The minimum Gasteiger partial charge on any atom is -0.480 e. The summed E-state index contributed by atoms with van der Waals surface area (Å²) in [6.45, 7) is 0.0440. The fourth-order valence-corrected chi connectivity index (χ4v) is 1.67. The van der Waals surface area contributed by atoms with Gasteiger partial charge in [-0.05, 0) is 12.1 Å². The van der Waals surface area contributed by atoms with E-state index in [2.05, 4.69) is 10.3 Å². The predicted octanol–water partition coefficient (Wildman–Crippen LogP) is 0.522. The lowest BCUT2D eigenvalue weighted by molar-refractivity contribution is -0.135. The summed E-state index contributed by atoms with van der Waals surface area (Å²) in [5.74, 6) is -0.959. The van der Waals surface area contributed by atoms with Gasteiger partial charge in [-0.15, -0.1) is 0 Å². The van der Waals surface area contributed by atoms with E-state index in [1.807, 2.05) is 0 Å². The first-order chi connectivity index (χ1) is 8.56. The molecule has 2 rings (SSSR count). The van der Waals surface area contributed by atoms with Crippen molar-refractivity contribution in [1.82, 2.24) is 14.7 Å². The maximum atomic E-state index is 11.8. The molecule has 94 valence electrons. The first kappa shape index (κ1) is 12.5. The highest BCUT2D eigenvalue weighted by atomic mass is 35.5. The zero-order valence-corrected chi connectivity index (χ0v) is 10.0. The van der Waals surface area contributed by atoms with Crippen LogP contribution in [-0.4, -0.2) is 27.0 Å². The second kappa shape index (κ2) is 5.16. The molecule has 2 heterocycles. The Bertz CT molecular complexity index is 654. The lowest BCUT2D eigenvalue weighted by Crippen LogP contribution is -2.24. The van der Waals surface area contributed by atoms with Crippen molar-refractivity contribution in [3.05, 3.63) is 45.5 Å². The third-order valence-electron chi connectivity index (χ3n) is 2.26. The molecule has 0 aliphatic heterocycles. The molecule has 0 bridgehead atoms. The Kier molecular flexibility index (Phi) is 3.59. The lowest BCUT2D eigenvalue weighted by Gasteiger charge is -2.04. The van der Waals surface area contributed by atoms with Gasteiger partial charge in [0.2, 0.25) is 0 Å². The third kappa shape index (κ3) is 2.85. The Morgan fingerprint density at radius 2 is 2.28 bits per heavy atom. The SMILES string of the molecule is O=C(O)CNCc1cc(=O)n2cc(Cl)ccc2n1. The number of halogens is 1. The first-order valence-corrected chi connectivity index (χ1v) is 5.54. The zero-order chi connectivity index (χ0) is 13.1. The molecule has 2 aromatic heterocycles. The number of hydrogen-bond acceptors (Lipinski definition) is 4. The average Bonchev–Trinajstić information content (AvgIpc) is 2.30. The van der Waals surface area contributed by atoms with Gasteiger partial charge < -0.3 is 10.4 Å². The van der Waals surface area contributed by atoms with Crippen LogP contribution in [-0.2, 0) is 11.3 Å². The van der Waals surface area contributed by atoms with Gasteiger partial charge in [0.15, 0.2) is 0 Å². The monoisotopic (exact) mass is 267 g/mol. The summed E-state index contributed by atoms with van der Waals surface area (Å²) in [5.41, 5.74) is 0.706. The van der Waals surface area contributed by atoms with Crippen molar-refractivity contribution in [2.75, 3.05) is 6.54 Å². The molecule has 2 aromatic rings. The van der Waals surface area contributed by atoms with Crippen LogP contribution >= 0.6 is 11.6 Å². The number of carbonyl (C=O) groups is 1. The number of rotatable bonds is 4. The van der Waals surface area contributed by atoms with Crippen molar-refractivity contribution in [3.8, 4) is 0 Å². The fraction of sp³-hybridized carbons (Fsp3) is 0.182. The summed E-state index contributed by atoms with van der Waals surface area (Å²) >= 11 is 5.78. The maximum absolute atomic E-state index is 11.8. The van der Waals surface area contributed by atoms with Crippen LogP contribution in [0.15, 0.2) is 29.2 Å². The van der Waals surface area contributed by atoms with E-state index in [1.54, 1.807) is 12.1 Å². The first-order valence-electron chi connectivity index (χ1n) is 5.16. The number of hydrogen-bond donors (Lipinski definition) is 2. The Labute approximate surface area is 107 Å². The Balaban J connectivity index is 2.29. The van der Waals surface area contributed by atoms with Crippen LogP contribution in [0.2, 0.25) is 5.02 Å². The van der Waals surface area contributed by atoms with E-state index in [4.69, 9.17) is 16.7 Å². The van der Waals surface area contributed by atoms with E-state index in [-0.39, 0.29) is 18.6 Å². The second-order valence-corrected chi connectivity index (χ2v) is 4.09. The topological polar surface area (TPSA) is 83.7 Å². The Morgan fingerprint density at radius 3 is 3.00 bits per heavy atom. The van der Waals surface area contributed by atoms with E-state index in [9.17, 15) is 9.59 Å². The van der Waals surface area contributed by atoms with Crippen molar-refractivity contribution in [1.29, 1.82) is 0 Å². The number of pyridine rings is 1. The highest BCUT2D eigenvalue weighted by molar-refractivity contribution is 6.30. The largest absolute Gasteiger partial charge is 0.480 e. The van der Waals surface area contributed by atoms with E-state index in [0.29, 0.717) is 16.4 Å². The van der Waals surface area contributed by atoms with Gasteiger partial charge >= 0.3 is 5.97 Å². The minimum atomic E-state index is -0.959. The van der Waals surface area contributed by atoms with Gasteiger partial charge in [0.1, 0.15) is 5.65 Å². The molecular weight excluding hydrogens is 258 g/mol. The Hall–Kier alpha value is -1.92. The van der Waals surface area contributed by atoms with Crippen LogP contribution in [0.25, 0.3) is 5.65 Å². The number of fused-ring (bicyclic) bond motifs is 1. The fourth-order valence-electron chi connectivity index (χ4n) is 1.51. The zero-order valence-electron chi connectivity index (χ0n) is 9.26. The summed E-state index contributed by atoms with van der Waals surface area (Å²) < 4.78 is 1.34. The van der Waals surface area contributed by atoms with Crippen LogP contribution in [0.4, 0.5) is 0 Å². The molecule has 0 unspecified atom stereocenters. The molecule has 0 saturated carbocycles. The standard InChI is InChI=1S/C11H10ClN3O3/c12-7-1-2-9-14-8(4-13-5-11(17)18)3-10(16)15(9)6-7/h1-3,6,13H,4-5H2,(H,17,18). The molecule has 7 heteroatoms. The molecule has 0 aromatic carbocycles. The number of nitrogens with one attached hydrogen (secondary N) is 1. The normalized spacial score (nSPS) is 10.7. The predicted molar refractivity (Wildman–Crippen MR) is 65.8 cm³/mol. The molecule has 0 radical (unpaired) electrons. The summed E-state index contributed by atoms with van der Waals surface area (Å²) in [6, 6.07) is 4.61. The van der Waals surface area contributed by atoms with Gasteiger partial charge in [-0.25, -0.2) is 4.98 Å². The third-order valence-corrected chi connectivity index (χ3v) is 2.48. The van der Waals surface area contributed by atoms with Gasteiger partial charge in [0.25, 0.3) is 5.56 Å². The van der Waals surface area contributed by atoms with Crippen molar-refractivity contribution in [3.63, 3.8) is 0 Å². The van der Waals surface area contributed by atoms with E-state index < -0.39 is 5.97 Å². The van der Waals surface area contributed by atoms with Crippen molar-refractivity contribution in [2.24, 2.45) is 0 Å². The molecule has 6 nitrogen and oxygen atoms in total. The van der Waals surface area contributed by atoms with Crippen LogP contribution in [0.1, 0.15) is 5.69 Å². The quantitative estimate of drug-likeness (QED) is 0.844. The van der Waals surface area contributed by atoms with Crippen molar-refractivity contribution < 1.29 is 9.90 Å². The minimum absolute atomic E-state index is 0.179. The number of nitrogens with zero attached hydrogens (tertiary/aromatic N) is 2. The van der Waals surface area contributed by atoms with E-state index in [0.717, 1.165) is 0 Å². The molecule has 18 heavy (non-hydrogen) atoms. The molecular formula is C11H10ClN3O3. The van der Waals surface area contributed by atoms with Crippen molar-refractivity contribution in [2.45, 2.75) is 6.54 Å². The molecule has 2 N–H and O–H groups in total. The molecule has 0 atom stereocenters. The smallest absolute Gasteiger partial charge is 0.317 e. The average molecular weight is 268 g/mol. The Morgan fingerprint density at radius 1 is 1.50 bits per heavy atom. The molecule has 0 spiro atoms. The second-order valence-electron chi connectivity index (χ2n) is 3.66. The van der Waals surface area contributed by atoms with Crippen LogP contribution in [0, 0.1) is 0 Å². The summed E-state index contributed by atoms with van der Waals surface area (Å²) in [6.07, 6.45) is 1.49. The van der Waals surface area contributed by atoms with Crippen LogP contribution < -0.4 is 10.9 Å². The summed E-state index contributed by atoms with van der Waals surface area (Å²) in [4.78, 5) is 26.3. The highest BCUT2D eigenvalue weighted by Crippen LogP contribution is 2.08. The summed E-state index contributed by atoms with van der Waals surface area (Å²) in [5, 5.41) is 11.6. The highest BCUT2D eigenvalue weighted by Gasteiger charge is 2.03. The molecule has 0 fully saturated rings. The van der Waals surface area contributed by atoms with Crippen LogP contribution in [0.3, 0.4) is 0 Å². The molecule has 0 aliphatic rings. The molecule has 0 aliphatic carbocycles. The number of carboxylic acid groups (broad SMARTS) is 1. The summed E-state index contributed by atoms with van der Waals surface area (Å²) in [7, 11) is 0. The van der Waals surface area contributed by atoms with Crippen LogP contribution in [0.5, 0.6) is 0 Å². The van der Waals surface area contributed by atoms with Gasteiger partial charge in [-0.2, -0.15) is 0 Å².